The van der Waals surface area contributed by atoms with Gasteiger partial charge in [0.15, 0.2) is 11.6 Å². The van der Waals surface area contributed by atoms with Crippen molar-refractivity contribution in [2.75, 3.05) is 7.05 Å². The molecule has 0 saturated heterocycles. The molecule has 2 aromatic heterocycles. The molecule has 35 heavy (non-hydrogen) atoms. The summed E-state index contributed by atoms with van der Waals surface area (Å²) in [6.45, 7) is 4.48. The zero-order chi connectivity index (χ0) is 24.9. The van der Waals surface area contributed by atoms with Crippen molar-refractivity contribution < 1.29 is 19.2 Å². The van der Waals surface area contributed by atoms with Gasteiger partial charge in [-0.05, 0) is 19.1 Å². The van der Waals surface area contributed by atoms with Gasteiger partial charge in [-0.3, -0.25) is 9.36 Å². The van der Waals surface area contributed by atoms with E-state index in [0.717, 1.165) is 22.8 Å². The van der Waals surface area contributed by atoms with Crippen molar-refractivity contribution >= 4 is 52.6 Å². The topological polar surface area (TPSA) is 78.5 Å². The van der Waals surface area contributed by atoms with E-state index in [-0.39, 0.29) is 5.56 Å². The number of ether oxygens (including phenoxy) is 1. The van der Waals surface area contributed by atoms with E-state index in [9.17, 15) is 14.7 Å². The molecule has 0 N–H and O–H groups in total. The number of rotatable bonds is 7. The predicted molar refractivity (Wildman–Crippen MR) is 137 cm³/mol. The highest BCUT2D eigenvalue weighted by atomic mass is 32.1. The van der Waals surface area contributed by atoms with Crippen molar-refractivity contribution in [3.8, 4) is 0 Å². The molecule has 0 radical (unpaired) electrons. The maximum Gasteiger partial charge on any atom is 0.269 e. The number of hydrogen-bond acceptors (Lipinski definition) is 7. The fraction of sp³-hybridized carbons (Fsp3) is 0.192. The molecule has 1 aliphatic rings. The maximum atomic E-state index is 12.9. The van der Waals surface area contributed by atoms with Gasteiger partial charge in [-0.2, -0.15) is 4.57 Å². The standard InChI is InChI=1S/C26H25N3O4S2/c1-4-28-18(2)17-34-23(28)11-8-12-24-29(15-25(30)31)26(32)21(35-24)13-14-22-27(3)20(16-33-22)19-9-6-5-7-10-19/h5-14,16-17H,4,15H2,1-3H3. The Morgan fingerprint density at radius 1 is 1.20 bits per heavy atom. The van der Waals surface area contributed by atoms with Crippen LogP contribution in [0.4, 0.5) is 0 Å². The summed E-state index contributed by atoms with van der Waals surface area (Å²) in [4.78, 5) is 26.1. The van der Waals surface area contributed by atoms with Crippen molar-refractivity contribution in [2.45, 2.75) is 26.9 Å². The van der Waals surface area contributed by atoms with E-state index in [2.05, 4.69) is 23.8 Å². The molecule has 4 rings (SSSR count). The maximum absolute atomic E-state index is 12.9. The fourth-order valence-corrected chi connectivity index (χ4v) is 5.65. The fourth-order valence-electron chi connectivity index (χ4n) is 3.71. The van der Waals surface area contributed by atoms with Gasteiger partial charge in [0.05, 0.1) is 32.8 Å². The lowest BCUT2D eigenvalue weighted by molar-refractivity contribution is -0.696. The molecule has 0 aliphatic carbocycles. The minimum absolute atomic E-state index is 0.386. The van der Waals surface area contributed by atoms with Crippen molar-refractivity contribution in [3.05, 3.63) is 95.8 Å². The second-order valence-corrected chi connectivity index (χ2v) is 9.72. The van der Waals surface area contributed by atoms with Crippen LogP contribution in [0.2, 0.25) is 0 Å². The number of carbonyl (C=O) groups excluding carboxylic acids is 1. The van der Waals surface area contributed by atoms with E-state index in [1.807, 2.05) is 54.4 Å². The molecule has 0 saturated carbocycles. The molecule has 3 heterocycles. The number of benzene rings is 1. The average molecular weight is 508 g/mol. The molecular formula is C26H25N3O4S2. The van der Waals surface area contributed by atoms with Gasteiger partial charge >= 0.3 is 0 Å². The van der Waals surface area contributed by atoms with Gasteiger partial charge in [0.1, 0.15) is 12.8 Å². The lowest BCUT2D eigenvalue weighted by Gasteiger charge is -2.15. The summed E-state index contributed by atoms with van der Waals surface area (Å²) in [5.41, 5.74) is 2.71. The number of nitrogens with zero attached hydrogens (tertiary/aromatic N) is 3. The van der Waals surface area contributed by atoms with E-state index >= 15 is 0 Å². The van der Waals surface area contributed by atoms with Gasteiger partial charge in [-0.15, -0.1) is 11.3 Å². The largest absolute Gasteiger partial charge is 0.548 e. The number of aryl methyl sites for hydroxylation is 1. The Balaban J connectivity index is 1.66. The van der Waals surface area contributed by atoms with Gasteiger partial charge in [0.25, 0.3) is 10.6 Å². The SMILES string of the molecule is CC[n+]1c(C)csc1C=CC=c1sc(=CC=C2OC=C(c3ccccc3)N2C)c(=O)n1CC(=O)[O-]. The van der Waals surface area contributed by atoms with Crippen LogP contribution in [0.5, 0.6) is 0 Å². The van der Waals surface area contributed by atoms with Gasteiger partial charge < -0.3 is 19.5 Å². The molecular weight excluding hydrogens is 482 g/mol. The first kappa shape index (κ1) is 24.4. The van der Waals surface area contributed by atoms with E-state index in [0.29, 0.717) is 15.1 Å². The van der Waals surface area contributed by atoms with Crippen molar-refractivity contribution in [3.63, 3.8) is 0 Å². The van der Waals surface area contributed by atoms with Crippen LogP contribution in [0.25, 0.3) is 23.9 Å². The highest BCUT2D eigenvalue weighted by molar-refractivity contribution is 7.10. The Labute approximate surface area is 210 Å². The molecule has 0 amide bonds. The summed E-state index contributed by atoms with van der Waals surface area (Å²) in [6, 6.07) is 9.84. The zero-order valence-electron chi connectivity index (χ0n) is 19.6. The van der Waals surface area contributed by atoms with E-state index in [1.54, 1.807) is 35.8 Å². The van der Waals surface area contributed by atoms with Gasteiger partial charge in [0.2, 0.25) is 0 Å². The van der Waals surface area contributed by atoms with Crippen molar-refractivity contribution in [2.24, 2.45) is 0 Å². The Bertz CT molecular complexity index is 1510. The molecule has 180 valence electrons. The Kier molecular flexibility index (Phi) is 7.48. The number of aliphatic carboxylic acids is 1. The summed E-state index contributed by atoms with van der Waals surface area (Å²) < 4.78 is 10.0. The van der Waals surface area contributed by atoms with E-state index in [4.69, 9.17) is 4.74 Å². The Hall–Kier alpha value is -3.69. The van der Waals surface area contributed by atoms with Crippen LogP contribution in [0, 0.1) is 6.92 Å². The quantitative estimate of drug-likeness (QED) is 0.452. The van der Waals surface area contributed by atoms with E-state index < -0.39 is 12.5 Å². The summed E-state index contributed by atoms with van der Waals surface area (Å²) >= 11 is 2.85. The van der Waals surface area contributed by atoms with Crippen molar-refractivity contribution in [1.82, 2.24) is 9.47 Å². The first-order valence-electron chi connectivity index (χ1n) is 11.0. The number of hydrogen-bond donors (Lipinski definition) is 0. The van der Waals surface area contributed by atoms with Gasteiger partial charge in [-0.1, -0.05) is 47.7 Å². The van der Waals surface area contributed by atoms with Crippen LogP contribution >= 0.6 is 22.7 Å². The van der Waals surface area contributed by atoms with Crippen LogP contribution < -0.4 is 24.4 Å². The second-order valence-electron chi connectivity index (χ2n) is 7.77. The molecule has 1 aromatic carbocycles. The first-order valence-corrected chi connectivity index (χ1v) is 12.7. The lowest BCUT2D eigenvalue weighted by atomic mass is 10.1. The van der Waals surface area contributed by atoms with Crippen LogP contribution in [0.15, 0.2) is 64.8 Å². The smallest absolute Gasteiger partial charge is 0.269 e. The molecule has 0 atom stereocenters. The Morgan fingerprint density at radius 3 is 2.69 bits per heavy atom. The van der Waals surface area contributed by atoms with E-state index in [1.165, 1.54) is 21.6 Å². The third-order valence-electron chi connectivity index (χ3n) is 5.49. The minimum Gasteiger partial charge on any atom is -0.548 e. The summed E-state index contributed by atoms with van der Waals surface area (Å²) in [7, 11) is 1.88. The van der Waals surface area contributed by atoms with Crippen molar-refractivity contribution in [1.29, 1.82) is 0 Å². The van der Waals surface area contributed by atoms with Crippen LogP contribution in [-0.2, 0) is 22.6 Å². The third kappa shape index (κ3) is 5.36. The van der Waals surface area contributed by atoms with Crippen LogP contribution in [-0.4, -0.2) is 22.5 Å². The monoisotopic (exact) mass is 507 g/mol. The third-order valence-corrected chi connectivity index (χ3v) is 7.64. The summed E-state index contributed by atoms with van der Waals surface area (Å²) in [6.07, 6.45) is 10.6. The van der Waals surface area contributed by atoms with Gasteiger partial charge in [-0.25, -0.2) is 0 Å². The molecule has 0 spiro atoms. The lowest BCUT2D eigenvalue weighted by Crippen LogP contribution is -2.38. The number of allylic oxidation sites excluding steroid dienone is 2. The molecule has 0 unspecified atom stereocenters. The predicted octanol–water partition coefficient (Wildman–Crippen LogP) is 1.41. The van der Waals surface area contributed by atoms with Gasteiger partial charge in [0, 0.05) is 31.7 Å². The van der Waals surface area contributed by atoms with Crippen LogP contribution in [0.3, 0.4) is 0 Å². The molecule has 3 aromatic rings. The molecule has 9 heteroatoms. The first-order chi connectivity index (χ1) is 16.9. The highest BCUT2D eigenvalue weighted by Crippen LogP contribution is 2.28. The summed E-state index contributed by atoms with van der Waals surface area (Å²) in [5, 5.41) is 14.4. The molecule has 7 nitrogen and oxygen atoms in total. The van der Waals surface area contributed by atoms with Crippen LogP contribution in [0.1, 0.15) is 23.2 Å². The zero-order valence-corrected chi connectivity index (χ0v) is 21.3. The Morgan fingerprint density at radius 2 is 1.97 bits per heavy atom. The average Bonchev–Trinajstić information content (AvgIpc) is 3.48. The second kappa shape index (κ2) is 10.7. The number of aromatic nitrogens is 2. The number of carboxylic acids is 1. The number of carbonyl (C=O) groups is 1. The molecule has 0 bridgehead atoms. The number of thiazole rings is 2. The highest BCUT2D eigenvalue weighted by Gasteiger charge is 2.19. The summed E-state index contributed by atoms with van der Waals surface area (Å²) in [5.74, 6) is -0.757. The number of carboxylic acid groups (broad SMARTS) is 1. The minimum atomic E-state index is -1.32. The normalized spacial score (nSPS) is 15.9. The molecule has 0 fully saturated rings. The molecule has 1 aliphatic heterocycles.